The standard InChI is InChI=1S/C15H26INO3/c1-15(2,3)20-14(18)17-9-12(16)13(10-17)19-8-7-11-5-4-6-11/h11-13H,4-10H2,1-3H3. The summed E-state index contributed by atoms with van der Waals surface area (Å²) in [4.78, 5) is 13.8. The molecule has 1 saturated carbocycles. The lowest BCUT2D eigenvalue weighted by Gasteiger charge is -2.26. The Morgan fingerprint density at radius 1 is 1.30 bits per heavy atom. The molecule has 0 aromatic heterocycles. The monoisotopic (exact) mass is 395 g/mol. The van der Waals surface area contributed by atoms with E-state index in [1.807, 2.05) is 20.8 Å². The summed E-state index contributed by atoms with van der Waals surface area (Å²) in [5.41, 5.74) is -0.430. The van der Waals surface area contributed by atoms with Gasteiger partial charge in [-0.25, -0.2) is 4.79 Å². The number of amides is 1. The summed E-state index contributed by atoms with van der Waals surface area (Å²) in [6, 6.07) is 0. The average molecular weight is 395 g/mol. The molecule has 2 rings (SSSR count). The summed E-state index contributed by atoms with van der Waals surface area (Å²) in [5, 5.41) is 0. The van der Waals surface area contributed by atoms with Crippen LogP contribution in [0.5, 0.6) is 0 Å². The lowest BCUT2D eigenvalue weighted by Crippen LogP contribution is -2.36. The zero-order valence-corrected chi connectivity index (χ0v) is 14.9. The molecule has 1 heterocycles. The number of rotatable bonds is 4. The van der Waals surface area contributed by atoms with Gasteiger partial charge in [-0.1, -0.05) is 41.9 Å². The van der Waals surface area contributed by atoms with Crippen LogP contribution in [0.1, 0.15) is 46.5 Å². The van der Waals surface area contributed by atoms with E-state index in [0.717, 1.165) is 19.1 Å². The number of halogens is 1. The number of hydrogen-bond acceptors (Lipinski definition) is 3. The number of ether oxygens (including phenoxy) is 2. The quantitative estimate of drug-likeness (QED) is 0.539. The van der Waals surface area contributed by atoms with Crippen LogP contribution in [-0.4, -0.2) is 46.3 Å². The van der Waals surface area contributed by atoms with Crippen LogP contribution < -0.4 is 0 Å². The Labute approximate surface area is 135 Å². The predicted molar refractivity (Wildman–Crippen MR) is 87.3 cm³/mol. The number of nitrogens with zero attached hydrogens (tertiary/aromatic N) is 1. The molecule has 0 spiro atoms. The molecule has 1 amide bonds. The normalized spacial score (nSPS) is 27.5. The second-order valence-corrected chi connectivity index (χ2v) is 8.50. The molecule has 116 valence electrons. The van der Waals surface area contributed by atoms with Crippen molar-refractivity contribution in [2.24, 2.45) is 5.92 Å². The van der Waals surface area contributed by atoms with Crippen LogP contribution in [0.15, 0.2) is 0 Å². The van der Waals surface area contributed by atoms with E-state index in [9.17, 15) is 4.79 Å². The predicted octanol–water partition coefficient (Wildman–Crippen LogP) is 3.62. The third kappa shape index (κ3) is 4.76. The van der Waals surface area contributed by atoms with E-state index in [1.165, 1.54) is 25.7 Å². The first-order chi connectivity index (χ1) is 9.35. The van der Waals surface area contributed by atoms with Crippen LogP contribution in [0.3, 0.4) is 0 Å². The molecule has 2 fully saturated rings. The summed E-state index contributed by atoms with van der Waals surface area (Å²) in [6.07, 6.45) is 5.23. The second kappa shape index (κ2) is 6.81. The molecular formula is C15H26INO3. The minimum Gasteiger partial charge on any atom is -0.444 e. The van der Waals surface area contributed by atoms with E-state index in [0.29, 0.717) is 10.5 Å². The maximum absolute atomic E-state index is 12.0. The van der Waals surface area contributed by atoms with E-state index >= 15 is 0 Å². The van der Waals surface area contributed by atoms with Gasteiger partial charge in [0.25, 0.3) is 0 Å². The third-order valence-corrected chi connectivity index (χ3v) is 5.13. The summed E-state index contributed by atoms with van der Waals surface area (Å²) in [5.74, 6) is 0.881. The molecule has 20 heavy (non-hydrogen) atoms. The van der Waals surface area contributed by atoms with Crippen molar-refractivity contribution in [1.82, 2.24) is 4.90 Å². The fraction of sp³-hybridized carbons (Fsp3) is 0.933. The van der Waals surface area contributed by atoms with Gasteiger partial charge in [0.05, 0.1) is 16.6 Å². The molecule has 0 bridgehead atoms. The van der Waals surface area contributed by atoms with Crippen molar-refractivity contribution in [2.45, 2.75) is 62.1 Å². The lowest BCUT2D eigenvalue weighted by atomic mass is 9.83. The Morgan fingerprint density at radius 2 is 2.00 bits per heavy atom. The highest BCUT2D eigenvalue weighted by atomic mass is 127. The van der Waals surface area contributed by atoms with Crippen LogP contribution in [0, 0.1) is 5.92 Å². The molecule has 0 aromatic rings. The average Bonchev–Trinajstić information content (AvgIpc) is 2.62. The zero-order valence-electron chi connectivity index (χ0n) is 12.7. The fourth-order valence-electron chi connectivity index (χ4n) is 2.53. The molecule has 1 saturated heterocycles. The van der Waals surface area contributed by atoms with E-state index in [-0.39, 0.29) is 12.2 Å². The summed E-state index contributed by atoms with van der Waals surface area (Å²) < 4.78 is 11.8. The summed E-state index contributed by atoms with van der Waals surface area (Å²) in [7, 11) is 0. The van der Waals surface area contributed by atoms with Crippen LogP contribution in [0.2, 0.25) is 0 Å². The van der Waals surface area contributed by atoms with Gasteiger partial charge in [-0.2, -0.15) is 0 Å². The van der Waals surface area contributed by atoms with Crippen molar-refractivity contribution < 1.29 is 14.3 Å². The maximum atomic E-state index is 12.0. The van der Waals surface area contributed by atoms with Crippen molar-refractivity contribution >= 4 is 28.7 Å². The lowest BCUT2D eigenvalue weighted by molar-refractivity contribution is 0.0187. The summed E-state index contributed by atoms with van der Waals surface area (Å²) >= 11 is 2.39. The fourth-order valence-corrected chi connectivity index (χ4v) is 3.44. The Bertz CT molecular complexity index is 339. The number of likely N-dealkylation sites (tertiary alicyclic amines) is 1. The minimum atomic E-state index is -0.430. The van der Waals surface area contributed by atoms with Gasteiger partial charge >= 0.3 is 6.09 Å². The SMILES string of the molecule is CC(C)(C)OC(=O)N1CC(I)C(OCCC2CCC2)C1. The van der Waals surface area contributed by atoms with E-state index in [2.05, 4.69) is 22.6 Å². The molecule has 2 aliphatic rings. The van der Waals surface area contributed by atoms with Gasteiger partial charge in [0.1, 0.15) is 5.60 Å². The Morgan fingerprint density at radius 3 is 2.55 bits per heavy atom. The molecule has 4 nitrogen and oxygen atoms in total. The van der Waals surface area contributed by atoms with Gasteiger partial charge < -0.3 is 14.4 Å². The van der Waals surface area contributed by atoms with Gasteiger partial charge in [0.2, 0.25) is 0 Å². The second-order valence-electron chi connectivity index (χ2n) is 6.90. The molecule has 2 unspecified atom stereocenters. The molecule has 1 aliphatic carbocycles. The van der Waals surface area contributed by atoms with E-state index < -0.39 is 5.60 Å². The van der Waals surface area contributed by atoms with Crippen molar-refractivity contribution in [3.63, 3.8) is 0 Å². The molecule has 5 heteroatoms. The molecule has 0 aromatic carbocycles. The van der Waals surface area contributed by atoms with Crippen LogP contribution in [0.25, 0.3) is 0 Å². The smallest absolute Gasteiger partial charge is 0.410 e. The van der Waals surface area contributed by atoms with Crippen LogP contribution >= 0.6 is 22.6 Å². The van der Waals surface area contributed by atoms with Gasteiger partial charge in [0.15, 0.2) is 0 Å². The van der Waals surface area contributed by atoms with Crippen molar-refractivity contribution in [3.05, 3.63) is 0 Å². The van der Waals surface area contributed by atoms with Gasteiger partial charge in [-0.05, 0) is 33.1 Å². The zero-order chi connectivity index (χ0) is 14.8. The van der Waals surface area contributed by atoms with Gasteiger partial charge in [0, 0.05) is 13.2 Å². The first-order valence-corrected chi connectivity index (χ1v) is 8.83. The first kappa shape index (κ1) is 16.3. The Hall–Kier alpha value is -0.0400. The Balaban J connectivity index is 1.71. The Kier molecular flexibility index (Phi) is 5.56. The molecule has 0 radical (unpaired) electrons. The molecule has 1 aliphatic heterocycles. The highest BCUT2D eigenvalue weighted by Gasteiger charge is 2.36. The number of carbonyl (C=O) groups is 1. The summed E-state index contributed by atoms with van der Waals surface area (Å²) in [6.45, 7) is 7.91. The number of carbonyl (C=O) groups excluding carboxylic acids is 1. The third-order valence-electron chi connectivity index (χ3n) is 3.93. The molecular weight excluding hydrogens is 369 g/mol. The van der Waals surface area contributed by atoms with Crippen molar-refractivity contribution in [3.8, 4) is 0 Å². The van der Waals surface area contributed by atoms with Gasteiger partial charge in [-0.3, -0.25) is 0 Å². The van der Waals surface area contributed by atoms with Crippen molar-refractivity contribution in [1.29, 1.82) is 0 Å². The largest absolute Gasteiger partial charge is 0.444 e. The minimum absolute atomic E-state index is 0.156. The number of hydrogen-bond donors (Lipinski definition) is 0. The van der Waals surface area contributed by atoms with Crippen LogP contribution in [-0.2, 0) is 9.47 Å². The maximum Gasteiger partial charge on any atom is 0.410 e. The van der Waals surface area contributed by atoms with Crippen molar-refractivity contribution in [2.75, 3.05) is 19.7 Å². The van der Waals surface area contributed by atoms with Gasteiger partial charge in [-0.15, -0.1) is 0 Å². The molecule has 2 atom stereocenters. The topological polar surface area (TPSA) is 38.8 Å². The first-order valence-electron chi connectivity index (χ1n) is 7.59. The van der Waals surface area contributed by atoms with E-state index in [4.69, 9.17) is 9.47 Å². The highest BCUT2D eigenvalue weighted by molar-refractivity contribution is 14.1. The highest BCUT2D eigenvalue weighted by Crippen LogP contribution is 2.30. The van der Waals surface area contributed by atoms with Crippen LogP contribution in [0.4, 0.5) is 4.79 Å². The molecule has 0 N–H and O–H groups in total. The number of alkyl halides is 1. The van der Waals surface area contributed by atoms with E-state index in [1.54, 1.807) is 4.90 Å².